The minimum atomic E-state index is 0.237. The third-order valence-corrected chi connectivity index (χ3v) is 5.75. The maximum atomic E-state index is 5.87. The van der Waals surface area contributed by atoms with Gasteiger partial charge in [-0.05, 0) is 35.2 Å². The van der Waals surface area contributed by atoms with E-state index in [4.69, 9.17) is 4.42 Å². The molecule has 2 aromatic heterocycles. The summed E-state index contributed by atoms with van der Waals surface area (Å²) in [5, 5.41) is 4.46. The summed E-state index contributed by atoms with van der Waals surface area (Å²) in [6.45, 7) is 0. The van der Waals surface area contributed by atoms with Gasteiger partial charge in [-0.15, -0.1) is 11.3 Å². The van der Waals surface area contributed by atoms with Gasteiger partial charge in [0.25, 0.3) is 0 Å². The highest BCUT2D eigenvalue weighted by molar-refractivity contribution is 9.09. The summed E-state index contributed by atoms with van der Waals surface area (Å²) >= 11 is 5.56. The molecule has 0 N–H and O–H groups in total. The predicted molar refractivity (Wildman–Crippen MR) is 88.8 cm³/mol. The number of alkyl halides is 1. The van der Waals surface area contributed by atoms with Gasteiger partial charge in [-0.1, -0.05) is 46.3 Å². The van der Waals surface area contributed by atoms with E-state index in [2.05, 4.69) is 63.8 Å². The molecule has 0 aliphatic carbocycles. The number of rotatable bonds is 2. The number of para-hydroxylation sites is 1. The smallest absolute Gasteiger partial charge is 0.135 e. The van der Waals surface area contributed by atoms with Gasteiger partial charge in [-0.3, -0.25) is 0 Å². The fourth-order valence-corrected chi connectivity index (χ4v) is 3.99. The molecule has 20 heavy (non-hydrogen) atoms. The predicted octanol–water partition coefficient (Wildman–Crippen LogP) is 6.13. The first kappa shape index (κ1) is 12.2. The zero-order chi connectivity index (χ0) is 13.5. The molecular formula is C17H11BrOS. The molecule has 1 nitrogen and oxygen atoms in total. The van der Waals surface area contributed by atoms with Crippen LogP contribution >= 0.6 is 27.3 Å². The van der Waals surface area contributed by atoms with E-state index in [1.807, 2.05) is 12.1 Å². The molecule has 0 aliphatic rings. The minimum Gasteiger partial charge on any atom is -0.456 e. The second-order valence-electron chi connectivity index (χ2n) is 4.73. The van der Waals surface area contributed by atoms with Gasteiger partial charge in [0, 0.05) is 15.6 Å². The highest BCUT2D eigenvalue weighted by Crippen LogP contribution is 2.37. The third kappa shape index (κ3) is 1.89. The van der Waals surface area contributed by atoms with Gasteiger partial charge < -0.3 is 4.42 Å². The summed E-state index contributed by atoms with van der Waals surface area (Å²) in [4.78, 5) is 1.55. The van der Waals surface area contributed by atoms with E-state index >= 15 is 0 Å². The Morgan fingerprint density at radius 3 is 2.60 bits per heavy atom. The van der Waals surface area contributed by atoms with Crippen LogP contribution in [0.4, 0.5) is 0 Å². The van der Waals surface area contributed by atoms with Crippen molar-refractivity contribution in [1.29, 1.82) is 0 Å². The standard InChI is InChI=1S/C17H11BrOS/c18-17(16-6-3-9-20-16)11-7-8-15-13(10-11)12-4-1-2-5-14(12)19-15/h1-10,17H. The summed E-state index contributed by atoms with van der Waals surface area (Å²) in [6, 6.07) is 18.8. The van der Waals surface area contributed by atoms with Gasteiger partial charge in [0.2, 0.25) is 0 Å². The van der Waals surface area contributed by atoms with Crippen molar-refractivity contribution in [2.75, 3.05) is 0 Å². The average molecular weight is 343 g/mol. The van der Waals surface area contributed by atoms with E-state index in [-0.39, 0.29) is 4.83 Å². The number of furan rings is 1. The van der Waals surface area contributed by atoms with Crippen molar-refractivity contribution in [3.8, 4) is 0 Å². The lowest BCUT2D eigenvalue weighted by Gasteiger charge is -2.07. The third-order valence-electron chi connectivity index (χ3n) is 3.49. The highest BCUT2D eigenvalue weighted by Gasteiger charge is 2.14. The Morgan fingerprint density at radius 2 is 1.75 bits per heavy atom. The molecule has 0 amide bonds. The van der Waals surface area contributed by atoms with Crippen LogP contribution in [-0.4, -0.2) is 0 Å². The maximum Gasteiger partial charge on any atom is 0.135 e. The Kier molecular flexibility index (Phi) is 2.90. The van der Waals surface area contributed by atoms with Crippen molar-refractivity contribution in [2.45, 2.75) is 4.83 Å². The summed E-state index contributed by atoms with van der Waals surface area (Å²) in [7, 11) is 0. The topological polar surface area (TPSA) is 13.1 Å². The molecule has 4 rings (SSSR count). The van der Waals surface area contributed by atoms with Crippen LogP contribution in [0.5, 0.6) is 0 Å². The fraction of sp³-hybridized carbons (Fsp3) is 0.0588. The van der Waals surface area contributed by atoms with E-state index in [1.54, 1.807) is 11.3 Å². The van der Waals surface area contributed by atoms with Crippen LogP contribution in [0.1, 0.15) is 15.3 Å². The molecule has 4 aromatic rings. The zero-order valence-corrected chi connectivity index (χ0v) is 12.9. The lowest BCUT2D eigenvalue weighted by Crippen LogP contribution is -1.88. The number of benzene rings is 2. The fourth-order valence-electron chi connectivity index (χ4n) is 2.50. The van der Waals surface area contributed by atoms with Crippen LogP contribution in [0.3, 0.4) is 0 Å². The molecule has 0 spiro atoms. The van der Waals surface area contributed by atoms with E-state index in [0.29, 0.717) is 0 Å². The Labute approximate surface area is 129 Å². The van der Waals surface area contributed by atoms with Crippen molar-refractivity contribution in [1.82, 2.24) is 0 Å². The molecule has 0 radical (unpaired) electrons. The molecule has 2 aromatic carbocycles. The van der Waals surface area contributed by atoms with Gasteiger partial charge in [0.05, 0.1) is 4.83 Å². The summed E-state index contributed by atoms with van der Waals surface area (Å²) in [6.07, 6.45) is 0. The second-order valence-corrected chi connectivity index (χ2v) is 6.63. The second kappa shape index (κ2) is 4.76. The van der Waals surface area contributed by atoms with E-state index in [0.717, 1.165) is 11.2 Å². The monoisotopic (exact) mass is 342 g/mol. The lowest BCUT2D eigenvalue weighted by atomic mass is 10.1. The molecular weight excluding hydrogens is 332 g/mol. The van der Waals surface area contributed by atoms with Gasteiger partial charge in [0.15, 0.2) is 0 Å². The zero-order valence-electron chi connectivity index (χ0n) is 10.5. The largest absolute Gasteiger partial charge is 0.456 e. The molecule has 0 saturated carbocycles. The summed E-state index contributed by atoms with van der Waals surface area (Å²) in [5.74, 6) is 0. The van der Waals surface area contributed by atoms with E-state index in [9.17, 15) is 0 Å². The van der Waals surface area contributed by atoms with Crippen LogP contribution in [0.25, 0.3) is 21.9 Å². The molecule has 0 bridgehead atoms. The number of hydrogen-bond donors (Lipinski definition) is 0. The van der Waals surface area contributed by atoms with Crippen molar-refractivity contribution in [3.05, 3.63) is 70.4 Å². The van der Waals surface area contributed by atoms with E-state index in [1.165, 1.54) is 21.2 Å². The molecule has 98 valence electrons. The van der Waals surface area contributed by atoms with Crippen molar-refractivity contribution >= 4 is 49.2 Å². The van der Waals surface area contributed by atoms with E-state index < -0.39 is 0 Å². The first-order valence-electron chi connectivity index (χ1n) is 6.41. The Balaban J connectivity index is 1.91. The molecule has 0 fully saturated rings. The quantitative estimate of drug-likeness (QED) is 0.399. The number of halogens is 1. The number of thiophene rings is 1. The number of fused-ring (bicyclic) bond motifs is 3. The SMILES string of the molecule is BrC(c1ccc2oc3ccccc3c2c1)c1cccs1. The normalized spacial score (nSPS) is 13.1. The minimum absolute atomic E-state index is 0.237. The van der Waals surface area contributed by atoms with Gasteiger partial charge in [-0.2, -0.15) is 0 Å². The molecule has 1 unspecified atom stereocenters. The van der Waals surface area contributed by atoms with Crippen LogP contribution in [0.15, 0.2) is 64.4 Å². The van der Waals surface area contributed by atoms with Crippen molar-refractivity contribution in [2.24, 2.45) is 0 Å². The average Bonchev–Trinajstić information content (AvgIpc) is 3.13. The Morgan fingerprint density at radius 1 is 0.900 bits per heavy atom. The van der Waals surface area contributed by atoms with Gasteiger partial charge in [-0.25, -0.2) is 0 Å². The molecule has 1 atom stereocenters. The molecule has 0 saturated heterocycles. The Bertz CT molecular complexity index is 876. The van der Waals surface area contributed by atoms with Crippen LogP contribution in [0, 0.1) is 0 Å². The highest BCUT2D eigenvalue weighted by atomic mass is 79.9. The molecule has 0 aliphatic heterocycles. The van der Waals surface area contributed by atoms with Crippen molar-refractivity contribution < 1.29 is 4.42 Å². The summed E-state index contributed by atoms with van der Waals surface area (Å²) in [5.41, 5.74) is 3.15. The molecule has 3 heteroatoms. The first-order chi connectivity index (χ1) is 9.83. The first-order valence-corrected chi connectivity index (χ1v) is 8.21. The molecule has 2 heterocycles. The van der Waals surface area contributed by atoms with Gasteiger partial charge in [0.1, 0.15) is 11.2 Å². The summed E-state index contributed by atoms with van der Waals surface area (Å²) < 4.78 is 5.87. The van der Waals surface area contributed by atoms with Crippen LogP contribution < -0.4 is 0 Å². The van der Waals surface area contributed by atoms with Crippen LogP contribution in [-0.2, 0) is 0 Å². The lowest BCUT2D eigenvalue weighted by molar-refractivity contribution is 0.669. The maximum absolute atomic E-state index is 5.87. The van der Waals surface area contributed by atoms with Gasteiger partial charge >= 0.3 is 0 Å². The Hall–Kier alpha value is -1.58. The number of hydrogen-bond acceptors (Lipinski definition) is 2. The van der Waals surface area contributed by atoms with Crippen molar-refractivity contribution in [3.63, 3.8) is 0 Å². The van der Waals surface area contributed by atoms with Crippen LogP contribution in [0.2, 0.25) is 0 Å².